The maximum absolute atomic E-state index is 15.0. The van der Waals surface area contributed by atoms with Crippen molar-refractivity contribution in [2.45, 2.75) is 25.1 Å². The first-order valence-electron chi connectivity index (χ1n) is 14.2. The summed E-state index contributed by atoms with van der Waals surface area (Å²) in [4.78, 5) is 40.8. The number of phenols is 1. The molecule has 0 radical (unpaired) electrons. The van der Waals surface area contributed by atoms with E-state index in [0.717, 1.165) is 5.56 Å². The number of aromatic hydroxyl groups is 1. The van der Waals surface area contributed by atoms with E-state index in [1.807, 2.05) is 12.1 Å². The molecular weight excluding hydrogens is 565 g/mol. The number of rotatable bonds is 2. The predicted octanol–water partition coefficient (Wildman–Crippen LogP) is 3.84. The van der Waals surface area contributed by atoms with Gasteiger partial charge in [-0.2, -0.15) is 0 Å². The number of nitrogens with one attached hydrogen (secondary N) is 2. The van der Waals surface area contributed by atoms with Crippen LogP contribution in [0.1, 0.15) is 21.5 Å². The quantitative estimate of drug-likeness (QED) is 0.324. The van der Waals surface area contributed by atoms with Crippen LogP contribution in [0.4, 0.5) is 4.39 Å². The van der Waals surface area contributed by atoms with Gasteiger partial charge in [0.05, 0.1) is 24.6 Å². The number of hydrogen-bond donors (Lipinski definition) is 3. The summed E-state index contributed by atoms with van der Waals surface area (Å²) in [7, 11) is 0. The Labute approximate surface area is 253 Å². The number of likely N-dealkylation sites (tertiary alicyclic amines) is 1. The van der Waals surface area contributed by atoms with Gasteiger partial charge in [0.1, 0.15) is 29.2 Å². The minimum absolute atomic E-state index is 0.0248. The number of hydrogen-bond acceptors (Lipinski definition) is 6. The van der Waals surface area contributed by atoms with Crippen molar-refractivity contribution in [1.29, 1.82) is 0 Å². The third-order valence-electron chi connectivity index (χ3n) is 7.72. The minimum atomic E-state index is -0.698. The summed E-state index contributed by atoms with van der Waals surface area (Å²) in [6.45, 7) is 0.402. The van der Waals surface area contributed by atoms with Gasteiger partial charge < -0.3 is 30.1 Å². The molecule has 1 fully saturated rings. The molecule has 7 rings (SSSR count). The second-order valence-corrected chi connectivity index (χ2v) is 10.8. The summed E-state index contributed by atoms with van der Waals surface area (Å²) in [6.07, 6.45) is -0.664. The van der Waals surface area contributed by atoms with Gasteiger partial charge in [0.25, 0.3) is 11.8 Å². The van der Waals surface area contributed by atoms with Crippen molar-refractivity contribution in [2.24, 2.45) is 0 Å². The highest BCUT2D eigenvalue weighted by atomic mass is 19.1. The van der Waals surface area contributed by atoms with Gasteiger partial charge >= 0.3 is 0 Å². The Hall–Kier alpha value is -5.38. The van der Waals surface area contributed by atoms with E-state index in [4.69, 9.17) is 9.47 Å². The Kier molecular flexibility index (Phi) is 8.14. The average molecular weight is 596 g/mol. The zero-order valence-electron chi connectivity index (χ0n) is 23.7. The zero-order valence-corrected chi connectivity index (χ0v) is 23.7. The number of para-hydroxylation sites is 1. The number of fused-ring (bicyclic) bond motifs is 7. The number of ether oxygens (including phenoxy) is 2. The predicted molar refractivity (Wildman–Crippen MR) is 160 cm³/mol. The minimum Gasteiger partial charge on any atom is -0.508 e. The second-order valence-electron chi connectivity index (χ2n) is 10.8. The van der Waals surface area contributed by atoms with Gasteiger partial charge in [-0.1, -0.05) is 48.5 Å². The van der Waals surface area contributed by atoms with Crippen LogP contribution >= 0.6 is 0 Å². The van der Waals surface area contributed by atoms with Gasteiger partial charge in [0.15, 0.2) is 6.61 Å². The monoisotopic (exact) mass is 595 g/mol. The molecule has 0 aromatic heterocycles. The van der Waals surface area contributed by atoms with E-state index in [-0.39, 0.29) is 55.8 Å². The maximum atomic E-state index is 15.0. The smallest absolute Gasteiger partial charge is 0.258 e. The molecule has 6 bridgehead atoms. The lowest BCUT2D eigenvalue weighted by atomic mass is 10.0. The van der Waals surface area contributed by atoms with Gasteiger partial charge in [-0.05, 0) is 59.2 Å². The Morgan fingerprint density at radius 1 is 0.909 bits per heavy atom. The molecule has 3 amide bonds. The van der Waals surface area contributed by atoms with Crippen LogP contribution in [0.5, 0.6) is 17.2 Å². The number of halogens is 1. The van der Waals surface area contributed by atoms with Crippen LogP contribution in [0.25, 0.3) is 11.1 Å². The van der Waals surface area contributed by atoms with Crippen molar-refractivity contribution in [3.8, 4) is 28.4 Å². The van der Waals surface area contributed by atoms with E-state index >= 15 is 4.39 Å². The molecule has 3 aliphatic rings. The van der Waals surface area contributed by atoms with Crippen LogP contribution in [0.15, 0.2) is 91.0 Å². The van der Waals surface area contributed by atoms with Crippen LogP contribution in [0.3, 0.4) is 0 Å². The highest BCUT2D eigenvalue weighted by Gasteiger charge is 2.38. The molecule has 3 N–H and O–H groups in total. The maximum Gasteiger partial charge on any atom is 0.258 e. The van der Waals surface area contributed by atoms with Crippen molar-refractivity contribution in [3.05, 3.63) is 114 Å². The number of amides is 3. The van der Waals surface area contributed by atoms with Gasteiger partial charge in [-0.3, -0.25) is 14.4 Å². The molecule has 9 nitrogen and oxygen atoms in total. The van der Waals surface area contributed by atoms with Crippen LogP contribution < -0.4 is 20.1 Å². The van der Waals surface area contributed by atoms with Crippen LogP contribution in [-0.2, 0) is 22.6 Å². The van der Waals surface area contributed by atoms with Crippen molar-refractivity contribution in [2.75, 3.05) is 19.7 Å². The first-order chi connectivity index (χ1) is 21.3. The fourth-order valence-corrected chi connectivity index (χ4v) is 5.32. The normalized spacial score (nSPS) is 18.3. The van der Waals surface area contributed by atoms with Crippen LogP contribution in [-0.4, -0.2) is 59.6 Å². The lowest BCUT2D eigenvalue weighted by Crippen LogP contribution is -2.45. The van der Waals surface area contributed by atoms with Crippen molar-refractivity contribution in [3.63, 3.8) is 0 Å². The molecule has 0 unspecified atom stereocenters. The van der Waals surface area contributed by atoms with E-state index in [2.05, 4.69) is 10.6 Å². The zero-order chi connectivity index (χ0) is 30.6. The Morgan fingerprint density at radius 2 is 1.70 bits per heavy atom. The van der Waals surface area contributed by atoms with Gasteiger partial charge in [-0.25, -0.2) is 4.39 Å². The van der Waals surface area contributed by atoms with E-state index in [9.17, 15) is 19.5 Å². The van der Waals surface area contributed by atoms with Crippen LogP contribution in [0, 0.1) is 5.82 Å². The number of phenolic OH excluding ortho intramolecular Hbond substituents is 1. The van der Waals surface area contributed by atoms with E-state index in [0.29, 0.717) is 28.2 Å². The summed E-state index contributed by atoms with van der Waals surface area (Å²) in [6, 6.07) is 24.3. The Morgan fingerprint density at radius 3 is 2.52 bits per heavy atom. The number of nitrogens with zero attached hydrogens (tertiary/aromatic N) is 1. The molecule has 0 aliphatic carbocycles. The van der Waals surface area contributed by atoms with Crippen molar-refractivity contribution in [1.82, 2.24) is 15.5 Å². The first-order valence-corrected chi connectivity index (χ1v) is 14.2. The third-order valence-corrected chi connectivity index (χ3v) is 7.72. The molecule has 0 spiro atoms. The molecule has 0 saturated carbocycles. The third kappa shape index (κ3) is 6.49. The molecule has 2 atom stereocenters. The van der Waals surface area contributed by atoms with E-state index in [1.165, 1.54) is 18.2 Å². The largest absolute Gasteiger partial charge is 0.508 e. The molecule has 224 valence electrons. The fraction of sp³-hybridized carbons (Fsp3) is 0.206. The van der Waals surface area contributed by atoms with Crippen LogP contribution in [0.2, 0.25) is 0 Å². The number of carbonyl (C=O) groups is 3. The van der Waals surface area contributed by atoms with Gasteiger partial charge in [0.2, 0.25) is 5.91 Å². The van der Waals surface area contributed by atoms with E-state index in [1.54, 1.807) is 65.6 Å². The summed E-state index contributed by atoms with van der Waals surface area (Å²) in [5, 5.41) is 15.9. The van der Waals surface area contributed by atoms with E-state index < -0.39 is 23.9 Å². The number of benzene rings is 4. The fourth-order valence-electron chi connectivity index (χ4n) is 5.32. The lowest BCUT2D eigenvalue weighted by Gasteiger charge is -2.21. The Balaban J connectivity index is 1.31. The highest BCUT2D eigenvalue weighted by Crippen LogP contribution is 2.27. The lowest BCUT2D eigenvalue weighted by molar-refractivity contribution is -0.129. The topological polar surface area (TPSA) is 117 Å². The van der Waals surface area contributed by atoms with Crippen molar-refractivity contribution >= 4 is 17.7 Å². The molecule has 4 aromatic rings. The first kappa shape index (κ1) is 28.7. The summed E-state index contributed by atoms with van der Waals surface area (Å²) >= 11 is 0. The molecule has 1 saturated heterocycles. The van der Waals surface area contributed by atoms with Crippen molar-refractivity contribution < 1.29 is 33.4 Å². The van der Waals surface area contributed by atoms with Gasteiger partial charge in [0, 0.05) is 18.7 Å². The average Bonchev–Trinajstić information content (AvgIpc) is 3.42. The van der Waals surface area contributed by atoms with Gasteiger partial charge in [-0.15, -0.1) is 0 Å². The molecule has 10 heteroatoms. The standard InChI is InChI=1S/C34H30FN3O6/c35-28-13-10-23-15-27(28)34(42)37-29-18-38(33(41)16-24-4-1-2-7-30(24)39)19-31(29)44-25-11-8-21(9-12-25)17-36-32(40)20-43-26-6-3-5-22(23)14-26/h1-15,29,31,39H,16-20H2,(H,36,40)(H,37,42)/t29-,31-/m0/s1. The molecule has 4 aromatic carbocycles. The second kappa shape index (κ2) is 12.5. The highest BCUT2D eigenvalue weighted by molar-refractivity contribution is 5.96. The number of carbonyl (C=O) groups excluding carboxylic acids is 3. The molecule has 3 heterocycles. The SMILES string of the molecule is O=C1COc2cccc(c2)-c2ccc(F)c(c2)C(=O)N[C@H]2CN(C(=O)Cc3ccccc3O)C[C@@H]2Oc2ccc(cc2)CN1. The summed E-state index contributed by atoms with van der Waals surface area (Å²) in [5.74, 6) is -0.911. The Bertz CT molecular complexity index is 1710. The molecule has 3 aliphatic heterocycles. The molecule has 44 heavy (non-hydrogen) atoms. The molecular formula is C34H30FN3O6. The summed E-state index contributed by atoms with van der Waals surface area (Å²) < 4.78 is 27.0. The summed E-state index contributed by atoms with van der Waals surface area (Å²) in [5.41, 5.74) is 2.42.